The normalized spacial score (nSPS) is 11.4. The van der Waals surface area contributed by atoms with Gasteiger partial charge in [0, 0.05) is 36.8 Å². The number of fused-ring (bicyclic) bond motifs is 1. The zero-order valence-electron chi connectivity index (χ0n) is 24.3. The molecule has 5 rings (SSSR count). The van der Waals surface area contributed by atoms with E-state index < -0.39 is 18.8 Å². The molecule has 42 heavy (non-hydrogen) atoms. The molecule has 0 radical (unpaired) electrons. The van der Waals surface area contributed by atoms with Crippen molar-refractivity contribution < 1.29 is 9.21 Å². The molecule has 214 valence electrons. The molecule has 1 amide bonds. The third-order valence-corrected chi connectivity index (χ3v) is 12.4. The molecule has 1 heterocycles. The van der Waals surface area contributed by atoms with Gasteiger partial charge in [-0.15, -0.1) is 0 Å². The number of rotatable bonds is 12. The summed E-state index contributed by atoms with van der Waals surface area (Å²) in [6.45, 7) is 6.37. The van der Waals surface area contributed by atoms with Gasteiger partial charge in [-0.05, 0) is 81.3 Å². The van der Waals surface area contributed by atoms with Crippen molar-refractivity contribution in [3.05, 3.63) is 131 Å². The Hall–Kier alpha value is -4.21. The van der Waals surface area contributed by atoms with Crippen molar-refractivity contribution in [2.24, 2.45) is 0 Å². The Morgan fingerprint density at radius 1 is 0.738 bits per heavy atom. The molecular formula is C36H38N2O3P+. The molecule has 5 aromatic rings. The summed E-state index contributed by atoms with van der Waals surface area (Å²) >= 11 is 0. The van der Waals surface area contributed by atoms with E-state index in [2.05, 4.69) is 115 Å². The zero-order chi connectivity index (χ0) is 29.4. The van der Waals surface area contributed by atoms with Crippen molar-refractivity contribution in [1.29, 1.82) is 0 Å². The molecule has 0 saturated heterocycles. The van der Waals surface area contributed by atoms with Gasteiger partial charge in [0.1, 0.15) is 34.3 Å². The van der Waals surface area contributed by atoms with Crippen LogP contribution >= 0.6 is 7.26 Å². The summed E-state index contributed by atoms with van der Waals surface area (Å²) in [6.07, 6.45) is 2.70. The summed E-state index contributed by atoms with van der Waals surface area (Å²) in [4.78, 5) is 28.0. The number of nitrogens with zero attached hydrogens (tertiary/aromatic N) is 1. The van der Waals surface area contributed by atoms with Crippen LogP contribution < -0.4 is 31.8 Å². The van der Waals surface area contributed by atoms with Crippen LogP contribution in [0.2, 0.25) is 0 Å². The Bertz CT molecular complexity index is 1570. The molecule has 6 heteroatoms. The molecule has 1 aromatic heterocycles. The molecule has 0 fully saturated rings. The molecule has 0 unspecified atom stereocenters. The highest BCUT2D eigenvalue weighted by molar-refractivity contribution is 7.95. The molecular weight excluding hydrogens is 539 g/mol. The molecule has 0 spiro atoms. The number of benzene rings is 4. The van der Waals surface area contributed by atoms with Crippen molar-refractivity contribution in [1.82, 2.24) is 5.32 Å². The van der Waals surface area contributed by atoms with Gasteiger partial charge < -0.3 is 14.6 Å². The van der Waals surface area contributed by atoms with E-state index in [4.69, 9.17) is 4.42 Å². The first-order valence-electron chi connectivity index (χ1n) is 14.7. The molecule has 0 aliphatic rings. The number of hydrogen-bond donors (Lipinski definition) is 1. The predicted octanol–water partition coefficient (Wildman–Crippen LogP) is 6.14. The van der Waals surface area contributed by atoms with E-state index in [0.717, 1.165) is 43.2 Å². The van der Waals surface area contributed by atoms with Crippen LogP contribution in [-0.2, 0) is 0 Å². The molecule has 0 aliphatic heterocycles. The number of unbranched alkanes of at least 4 members (excludes halogenated alkanes) is 1. The molecule has 0 aliphatic carbocycles. The topological polar surface area (TPSA) is 62.6 Å². The minimum Gasteiger partial charge on any atom is -0.422 e. The number of hydrogen-bond acceptors (Lipinski definition) is 4. The Kier molecular flexibility index (Phi) is 9.51. The Morgan fingerprint density at radius 2 is 1.29 bits per heavy atom. The first-order chi connectivity index (χ1) is 20.6. The van der Waals surface area contributed by atoms with Crippen LogP contribution in [0.4, 0.5) is 5.69 Å². The van der Waals surface area contributed by atoms with Crippen LogP contribution in [0.15, 0.2) is 124 Å². The van der Waals surface area contributed by atoms with E-state index in [9.17, 15) is 9.59 Å². The molecule has 5 nitrogen and oxygen atoms in total. The van der Waals surface area contributed by atoms with Gasteiger partial charge in [-0.3, -0.25) is 4.79 Å². The maximum Gasteiger partial charge on any atom is 0.349 e. The lowest BCUT2D eigenvalue weighted by atomic mass is 10.1. The van der Waals surface area contributed by atoms with Crippen LogP contribution in [0.3, 0.4) is 0 Å². The van der Waals surface area contributed by atoms with Crippen molar-refractivity contribution in [2.75, 3.05) is 30.7 Å². The SMILES string of the molecule is CCN(CC)c1ccc2cc(C(=O)NCCCC[P+](c3ccccc3)(c3ccccc3)c3ccccc3)c(=O)oc2c1. The van der Waals surface area contributed by atoms with E-state index in [0.29, 0.717) is 12.1 Å². The third-order valence-electron chi connectivity index (χ3n) is 7.89. The van der Waals surface area contributed by atoms with Crippen LogP contribution in [0.25, 0.3) is 11.0 Å². The van der Waals surface area contributed by atoms with E-state index in [1.807, 2.05) is 18.2 Å². The van der Waals surface area contributed by atoms with Crippen LogP contribution in [0.1, 0.15) is 37.0 Å². The highest BCUT2D eigenvalue weighted by Crippen LogP contribution is 2.55. The van der Waals surface area contributed by atoms with Gasteiger partial charge in [0.15, 0.2) is 0 Å². The first-order valence-corrected chi connectivity index (χ1v) is 16.7. The standard InChI is InChI=1S/C36H37N2O3P/c1-3-38(4-2)29-23-22-28-26-33(36(40)41-34(28)27-29)35(39)37-24-14-15-25-42(30-16-8-5-9-17-30,31-18-10-6-11-19-31)32-20-12-7-13-21-32/h5-13,16-23,26-27H,3-4,14-15,24-25H2,1-2H3/p+1. The Morgan fingerprint density at radius 3 is 1.81 bits per heavy atom. The van der Waals surface area contributed by atoms with E-state index in [1.165, 1.54) is 15.9 Å². The second kappa shape index (κ2) is 13.6. The monoisotopic (exact) mass is 577 g/mol. The summed E-state index contributed by atoms with van der Waals surface area (Å²) < 4.78 is 5.57. The van der Waals surface area contributed by atoms with Gasteiger partial charge in [0.25, 0.3) is 5.91 Å². The maximum absolute atomic E-state index is 13.0. The summed E-state index contributed by atoms with van der Waals surface area (Å²) in [5.74, 6) is -0.395. The first kappa shape index (κ1) is 29.3. The molecule has 0 atom stereocenters. The highest BCUT2D eigenvalue weighted by Gasteiger charge is 2.44. The quantitative estimate of drug-likeness (QED) is 0.110. The van der Waals surface area contributed by atoms with Gasteiger partial charge in [0.2, 0.25) is 0 Å². The van der Waals surface area contributed by atoms with Gasteiger partial charge in [0.05, 0.1) is 6.16 Å². The number of amides is 1. The number of nitrogens with one attached hydrogen (secondary N) is 1. The lowest BCUT2D eigenvalue weighted by Crippen LogP contribution is -2.34. The van der Waals surface area contributed by atoms with Crippen molar-refractivity contribution in [3.63, 3.8) is 0 Å². The average molecular weight is 578 g/mol. The van der Waals surface area contributed by atoms with Crippen molar-refractivity contribution >= 4 is 45.7 Å². The van der Waals surface area contributed by atoms with E-state index >= 15 is 0 Å². The lowest BCUT2D eigenvalue weighted by Gasteiger charge is -2.27. The minimum absolute atomic E-state index is 0.0396. The molecule has 1 N–H and O–H groups in total. The molecule has 0 saturated carbocycles. The second-order valence-electron chi connectivity index (χ2n) is 10.3. The fourth-order valence-corrected chi connectivity index (χ4v) is 10.1. The lowest BCUT2D eigenvalue weighted by molar-refractivity contribution is 0.0949. The third kappa shape index (κ3) is 6.17. The number of carbonyl (C=O) groups is 1. The van der Waals surface area contributed by atoms with Crippen LogP contribution in [0, 0.1) is 0 Å². The average Bonchev–Trinajstić information content (AvgIpc) is 3.04. The highest BCUT2D eigenvalue weighted by atomic mass is 31.2. The zero-order valence-corrected chi connectivity index (χ0v) is 25.2. The van der Waals surface area contributed by atoms with Crippen molar-refractivity contribution in [3.8, 4) is 0 Å². The van der Waals surface area contributed by atoms with E-state index in [1.54, 1.807) is 6.07 Å². The van der Waals surface area contributed by atoms with Crippen molar-refractivity contribution in [2.45, 2.75) is 26.7 Å². The maximum atomic E-state index is 13.0. The fourth-order valence-electron chi connectivity index (χ4n) is 5.70. The van der Waals surface area contributed by atoms with E-state index in [-0.39, 0.29) is 5.56 Å². The second-order valence-corrected chi connectivity index (χ2v) is 14.0. The smallest absolute Gasteiger partial charge is 0.349 e. The summed E-state index contributed by atoms with van der Waals surface area (Å²) in [6, 6.07) is 39.8. The predicted molar refractivity (Wildman–Crippen MR) is 178 cm³/mol. The van der Waals surface area contributed by atoms with Gasteiger partial charge in [-0.2, -0.15) is 0 Å². The van der Waals surface area contributed by atoms with Gasteiger partial charge in [-0.25, -0.2) is 4.79 Å². The molecule has 0 bridgehead atoms. The number of carbonyl (C=O) groups excluding carboxylic acids is 1. The van der Waals surface area contributed by atoms with Crippen LogP contribution in [-0.4, -0.2) is 31.7 Å². The largest absolute Gasteiger partial charge is 0.422 e. The fraction of sp³-hybridized carbons (Fsp3) is 0.222. The summed E-state index contributed by atoms with van der Waals surface area (Å²) in [5, 5.41) is 7.75. The summed E-state index contributed by atoms with van der Waals surface area (Å²) in [5.41, 5.74) is 0.911. The number of anilines is 1. The Labute approximate surface area is 248 Å². The molecule has 4 aromatic carbocycles. The Balaban J connectivity index is 1.31. The minimum atomic E-state index is -1.91. The van der Waals surface area contributed by atoms with Gasteiger partial charge in [-0.1, -0.05) is 54.6 Å². The summed E-state index contributed by atoms with van der Waals surface area (Å²) in [7, 11) is -1.91. The van der Waals surface area contributed by atoms with Gasteiger partial charge >= 0.3 is 5.63 Å². The van der Waals surface area contributed by atoms with Crippen LogP contribution in [0.5, 0.6) is 0 Å².